The second-order valence-corrected chi connectivity index (χ2v) is 5.05. The summed E-state index contributed by atoms with van der Waals surface area (Å²) in [7, 11) is 2.16. The normalized spacial score (nSPS) is 22.6. The highest BCUT2D eigenvalue weighted by Gasteiger charge is 2.21. The Bertz CT molecular complexity index is 235. The molecule has 0 radical (unpaired) electrons. The Morgan fingerprint density at radius 3 is 2.94 bits per heavy atom. The van der Waals surface area contributed by atoms with E-state index in [1.165, 1.54) is 0 Å². The molecule has 3 heteroatoms. The van der Waals surface area contributed by atoms with Gasteiger partial charge in [-0.1, -0.05) is 19.8 Å². The minimum Gasteiger partial charge on any atom is -0.374 e. The molecule has 0 aromatic rings. The molecule has 1 fully saturated rings. The Balaban J connectivity index is 2.28. The van der Waals surface area contributed by atoms with E-state index in [-0.39, 0.29) is 0 Å². The molecule has 0 aromatic carbocycles. The quantitative estimate of drug-likeness (QED) is 0.646. The summed E-state index contributed by atoms with van der Waals surface area (Å²) in [5.74, 6) is 3.40. The highest BCUT2D eigenvalue weighted by Crippen LogP contribution is 2.07. The first-order valence-corrected chi connectivity index (χ1v) is 6.07. The molecule has 1 aliphatic rings. The lowest BCUT2D eigenvalue weighted by Crippen LogP contribution is -2.47. The van der Waals surface area contributed by atoms with Crippen LogP contribution in [0.4, 0.5) is 0 Å². The molecule has 0 aromatic heterocycles. The molecule has 0 spiro atoms. The van der Waals surface area contributed by atoms with E-state index < -0.39 is 0 Å². The molecule has 1 rings (SSSR count). The molecule has 1 saturated heterocycles. The van der Waals surface area contributed by atoms with E-state index in [2.05, 4.69) is 36.6 Å². The van der Waals surface area contributed by atoms with Gasteiger partial charge in [-0.15, -0.1) is 6.42 Å². The number of hydrogen-bond acceptors (Lipinski definition) is 3. The van der Waals surface area contributed by atoms with Crippen LogP contribution in [-0.4, -0.2) is 62.3 Å². The van der Waals surface area contributed by atoms with E-state index in [1.54, 1.807) is 0 Å². The maximum absolute atomic E-state index is 5.75. The van der Waals surface area contributed by atoms with Gasteiger partial charge in [0.2, 0.25) is 0 Å². The third-order valence-corrected chi connectivity index (χ3v) is 2.73. The van der Waals surface area contributed by atoms with Crippen LogP contribution in [0, 0.1) is 18.3 Å². The molecule has 1 heterocycles. The number of likely N-dealkylation sites (N-methyl/N-ethyl adjacent to an activating group) is 1. The molecule has 92 valence electrons. The number of terminal acetylenes is 1. The third-order valence-electron chi connectivity index (χ3n) is 2.73. The van der Waals surface area contributed by atoms with E-state index in [9.17, 15) is 0 Å². The predicted molar refractivity (Wildman–Crippen MR) is 67.3 cm³/mol. The van der Waals surface area contributed by atoms with Crippen molar-refractivity contribution < 1.29 is 4.74 Å². The van der Waals surface area contributed by atoms with Gasteiger partial charge in [-0.3, -0.25) is 4.90 Å². The zero-order chi connectivity index (χ0) is 12.0. The molecular weight excluding hydrogens is 200 g/mol. The predicted octanol–water partition coefficient (Wildman–Crippen LogP) is 0.908. The molecule has 0 unspecified atom stereocenters. The van der Waals surface area contributed by atoms with Crippen LogP contribution < -0.4 is 0 Å². The number of rotatable bonds is 5. The van der Waals surface area contributed by atoms with Crippen LogP contribution in [0.25, 0.3) is 0 Å². The molecule has 0 bridgehead atoms. The molecule has 0 aliphatic carbocycles. The summed E-state index contributed by atoms with van der Waals surface area (Å²) >= 11 is 0. The Kier molecular flexibility index (Phi) is 5.83. The van der Waals surface area contributed by atoms with E-state index >= 15 is 0 Å². The van der Waals surface area contributed by atoms with E-state index in [4.69, 9.17) is 11.2 Å². The van der Waals surface area contributed by atoms with Gasteiger partial charge in [0.25, 0.3) is 0 Å². The number of hydrogen-bond donors (Lipinski definition) is 0. The second-order valence-electron chi connectivity index (χ2n) is 5.05. The summed E-state index contributed by atoms with van der Waals surface area (Å²) in [6.07, 6.45) is 5.64. The summed E-state index contributed by atoms with van der Waals surface area (Å²) in [5, 5.41) is 0. The fourth-order valence-corrected chi connectivity index (χ4v) is 2.21. The zero-order valence-corrected chi connectivity index (χ0v) is 10.8. The monoisotopic (exact) mass is 224 g/mol. The van der Waals surface area contributed by atoms with Crippen molar-refractivity contribution in [2.75, 3.05) is 46.4 Å². The SMILES string of the molecule is C#CCN1CCO[C@H](CN(C)CC(C)C)C1. The first-order valence-electron chi connectivity index (χ1n) is 6.07. The molecule has 0 N–H and O–H groups in total. The summed E-state index contributed by atoms with van der Waals surface area (Å²) in [6.45, 7) is 10.1. The summed E-state index contributed by atoms with van der Waals surface area (Å²) < 4.78 is 5.75. The first kappa shape index (κ1) is 13.5. The number of morpholine rings is 1. The van der Waals surface area contributed by atoms with Crippen molar-refractivity contribution in [2.24, 2.45) is 5.92 Å². The average Bonchev–Trinajstić information content (AvgIpc) is 2.17. The average molecular weight is 224 g/mol. The topological polar surface area (TPSA) is 15.7 Å². The smallest absolute Gasteiger partial charge is 0.0829 e. The number of ether oxygens (including phenoxy) is 1. The van der Waals surface area contributed by atoms with Gasteiger partial charge in [0, 0.05) is 26.2 Å². The van der Waals surface area contributed by atoms with Crippen molar-refractivity contribution in [2.45, 2.75) is 20.0 Å². The van der Waals surface area contributed by atoms with Crippen molar-refractivity contribution >= 4 is 0 Å². The highest BCUT2D eigenvalue weighted by molar-refractivity contribution is 4.90. The maximum Gasteiger partial charge on any atom is 0.0829 e. The minimum absolute atomic E-state index is 0.311. The lowest BCUT2D eigenvalue weighted by Gasteiger charge is -2.34. The summed E-state index contributed by atoms with van der Waals surface area (Å²) in [6, 6.07) is 0. The Morgan fingerprint density at radius 1 is 1.56 bits per heavy atom. The van der Waals surface area contributed by atoms with Crippen LogP contribution in [0.15, 0.2) is 0 Å². The van der Waals surface area contributed by atoms with Crippen LogP contribution >= 0.6 is 0 Å². The lowest BCUT2D eigenvalue weighted by atomic mass is 10.2. The number of nitrogens with zero attached hydrogens (tertiary/aromatic N) is 2. The summed E-state index contributed by atoms with van der Waals surface area (Å²) in [5.41, 5.74) is 0. The Labute approximate surface area is 99.7 Å². The molecular formula is C13H24N2O. The standard InChI is InChI=1S/C13H24N2O/c1-5-6-15-7-8-16-13(11-15)10-14(4)9-12(2)3/h1,12-13H,6-11H2,2-4H3/t13-/m1/s1. The Morgan fingerprint density at radius 2 is 2.31 bits per heavy atom. The van der Waals surface area contributed by atoms with Gasteiger partial charge in [-0.05, 0) is 13.0 Å². The maximum atomic E-state index is 5.75. The summed E-state index contributed by atoms with van der Waals surface area (Å²) in [4.78, 5) is 4.63. The third kappa shape index (κ3) is 4.98. The van der Waals surface area contributed by atoms with Crippen LogP contribution in [-0.2, 0) is 4.74 Å². The second kappa shape index (κ2) is 6.90. The molecule has 1 atom stereocenters. The van der Waals surface area contributed by atoms with Gasteiger partial charge >= 0.3 is 0 Å². The van der Waals surface area contributed by atoms with Crippen LogP contribution in [0.2, 0.25) is 0 Å². The van der Waals surface area contributed by atoms with Crippen molar-refractivity contribution in [3.8, 4) is 12.3 Å². The van der Waals surface area contributed by atoms with Gasteiger partial charge < -0.3 is 9.64 Å². The van der Waals surface area contributed by atoms with E-state index in [1.807, 2.05) is 0 Å². The van der Waals surface area contributed by atoms with Gasteiger partial charge in [-0.25, -0.2) is 0 Å². The van der Waals surface area contributed by atoms with Crippen LogP contribution in [0.5, 0.6) is 0 Å². The Hall–Kier alpha value is -0.560. The van der Waals surface area contributed by atoms with Crippen molar-refractivity contribution in [1.82, 2.24) is 9.80 Å². The van der Waals surface area contributed by atoms with Gasteiger partial charge in [0.05, 0.1) is 19.3 Å². The molecule has 0 saturated carbocycles. The molecule has 16 heavy (non-hydrogen) atoms. The van der Waals surface area contributed by atoms with Gasteiger partial charge in [-0.2, -0.15) is 0 Å². The van der Waals surface area contributed by atoms with Crippen molar-refractivity contribution in [3.63, 3.8) is 0 Å². The lowest BCUT2D eigenvalue weighted by molar-refractivity contribution is -0.0373. The van der Waals surface area contributed by atoms with Gasteiger partial charge in [0.15, 0.2) is 0 Å². The largest absolute Gasteiger partial charge is 0.374 e. The van der Waals surface area contributed by atoms with Crippen molar-refractivity contribution in [3.05, 3.63) is 0 Å². The van der Waals surface area contributed by atoms with E-state index in [0.29, 0.717) is 12.0 Å². The van der Waals surface area contributed by atoms with Crippen LogP contribution in [0.1, 0.15) is 13.8 Å². The zero-order valence-electron chi connectivity index (χ0n) is 10.8. The molecule has 0 amide bonds. The van der Waals surface area contributed by atoms with Crippen molar-refractivity contribution in [1.29, 1.82) is 0 Å². The molecule has 3 nitrogen and oxygen atoms in total. The van der Waals surface area contributed by atoms with Crippen LogP contribution in [0.3, 0.4) is 0 Å². The van der Waals surface area contributed by atoms with Gasteiger partial charge in [0.1, 0.15) is 0 Å². The fourth-order valence-electron chi connectivity index (χ4n) is 2.21. The molecule has 1 aliphatic heterocycles. The minimum atomic E-state index is 0.311. The highest BCUT2D eigenvalue weighted by atomic mass is 16.5. The first-order chi connectivity index (χ1) is 7.61. The fraction of sp³-hybridized carbons (Fsp3) is 0.846. The van der Waals surface area contributed by atoms with E-state index in [0.717, 1.165) is 39.3 Å².